The van der Waals surface area contributed by atoms with E-state index in [0.29, 0.717) is 12.0 Å². The molecule has 0 bridgehead atoms. The van der Waals surface area contributed by atoms with Gasteiger partial charge in [-0.05, 0) is 56.5 Å². The van der Waals surface area contributed by atoms with Crippen molar-refractivity contribution in [2.75, 3.05) is 11.9 Å². The van der Waals surface area contributed by atoms with Gasteiger partial charge in [-0.1, -0.05) is 28.1 Å². The largest absolute Gasteiger partial charge is 0.465 e. The van der Waals surface area contributed by atoms with Crippen LogP contribution < -0.4 is 5.32 Å². The Balaban J connectivity index is 1.82. The first-order chi connectivity index (χ1) is 14.1. The molecule has 1 aliphatic heterocycles. The summed E-state index contributed by atoms with van der Waals surface area (Å²) in [6.07, 6.45) is 0.647. The van der Waals surface area contributed by atoms with Gasteiger partial charge in [0.25, 0.3) is 5.91 Å². The molecule has 0 spiro atoms. The molecule has 1 aromatic carbocycles. The molecule has 2 amide bonds. The summed E-state index contributed by atoms with van der Waals surface area (Å²) in [4.78, 5) is 42.0. The number of rotatable bonds is 3. The second-order valence-corrected chi connectivity index (χ2v) is 8.71. The molecule has 1 atom stereocenters. The first-order valence-electron chi connectivity index (χ1n) is 9.34. The number of amides is 2. The van der Waals surface area contributed by atoms with E-state index in [4.69, 9.17) is 4.74 Å². The van der Waals surface area contributed by atoms with Crippen molar-refractivity contribution in [2.24, 2.45) is 0 Å². The van der Waals surface area contributed by atoms with Gasteiger partial charge in [-0.25, -0.2) is 14.6 Å². The molecule has 2 aromatic rings. The first kappa shape index (κ1) is 21.8. The van der Waals surface area contributed by atoms with Crippen LogP contribution in [0, 0.1) is 0 Å². The Kier molecular flexibility index (Phi) is 6.12. The number of nitrogens with one attached hydrogen (secondary N) is 1. The van der Waals surface area contributed by atoms with E-state index in [1.807, 2.05) is 6.07 Å². The van der Waals surface area contributed by atoms with Gasteiger partial charge in [-0.15, -0.1) is 0 Å². The maximum Gasteiger partial charge on any atom is 0.408 e. The summed E-state index contributed by atoms with van der Waals surface area (Å²) in [7, 11) is 0. The van der Waals surface area contributed by atoms with Crippen molar-refractivity contribution in [1.29, 1.82) is 0 Å². The number of halogens is 1. The third-order valence-electron chi connectivity index (χ3n) is 4.51. The van der Waals surface area contributed by atoms with Gasteiger partial charge >= 0.3 is 12.1 Å². The topological polar surface area (TPSA) is 109 Å². The molecule has 8 nitrogen and oxygen atoms in total. The fourth-order valence-corrected chi connectivity index (χ4v) is 3.81. The monoisotopic (exact) mass is 475 g/mol. The summed E-state index contributed by atoms with van der Waals surface area (Å²) < 4.78 is 6.12. The maximum absolute atomic E-state index is 13.0. The molecule has 2 heterocycles. The highest BCUT2D eigenvalue weighted by atomic mass is 79.9. The van der Waals surface area contributed by atoms with Gasteiger partial charge in [-0.2, -0.15) is 0 Å². The second-order valence-electron chi connectivity index (χ2n) is 7.86. The number of ether oxygens (including phenoxy) is 1. The van der Waals surface area contributed by atoms with E-state index in [1.54, 1.807) is 32.9 Å². The van der Waals surface area contributed by atoms with E-state index in [2.05, 4.69) is 26.2 Å². The molecule has 0 fully saturated rings. The predicted molar refractivity (Wildman–Crippen MR) is 113 cm³/mol. The third-order valence-corrected chi connectivity index (χ3v) is 5.25. The number of pyridine rings is 1. The molecule has 0 aliphatic carbocycles. The number of hydrogen-bond donors (Lipinski definition) is 2. The number of fused-ring (bicyclic) bond motifs is 1. The number of hydrogen-bond acceptors (Lipinski definition) is 5. The minimum atomic E-state index is -1.17. The van der Waals surface area contributed by atoms with Crippen molar-refractivity contribution < 1.29 is 24.2 Å². The lowest BCUT2D eigenvalue weighted by Gasteiger charge is -2.34. The van der Waals surface area contributed by atoms with Crippen molar-refractivity contribution in [3.63, 3.8) is 0 Å². The summed E-state index contributed by atoms with van der Waals surface area (Å²) in [6, 6.07) is 7.35. The van der Waals surface area contributed by atoms with Crippen LogP contribution in [0.1, 0.15) is 48.3 Å². The van der Waals surface area contributed by atoms with Crippen LogP contribution in [0.25, 0.3) is 0 Å². The summed E-state index contributed by atoms with van der Waals surface area (Å²) in [5.41, 5.74) is 1.15. The second kappa shape index (κ2) is 8.43. The summed E-state index contributed by atoms with van der Waals surface area (Å²) >= 11 is 3.47. The molecule has 3 rings (SSSR count). The van der Waals surface area contributed by atoms with Crippen molar-refractivity contribution in [2.45, 2.75) is 38.8 Å². The van der Waals surface area contributed by atoms with Crippen molar-refractivity contribution in [3.05, 3.63) is 57.7 Å². The highest BCUT2D eigenvalue weighted by Gasteiger charge is 2.36. The lowest BCUT2D eigenvalue weighted by molar-refractivity contribution is -0.121. The highest BCUT2D eigenvalue weighted by molar-refractivity contribution is 9.10. The number of carbonyl (C=O) groups is 3. The van der Waals surface area contributed by atoms with E-state index in [9.17, 15) is 19.5 Å². The number of esters is 1. The molecular weight excluding hydrogens is 454 g/mol. The smallest absolute Gasteiger partial charge is 0.408 e. The Labute approximate surface area is 182 Å². The van der Waals surface area contributed by atoms with Crippen LogP contribution in [-0.2, 0) is 16.0 Å². The van der Waals surface area contributed by atoms with Gasteiger partial charge in [0.1, 0.15) is 17.5 Å². The van der Waals surface area contributed by atoms with Crippen LogP contribution in [0.2, 0.25) is 0 Å². The Morgan fingerprint density at radius 3 is 2.57 bits per heavy atom. The molecule has 0 radical (unpaired) electrons. The van der Waals surface area contributed by atoms with Gasteiger partial charge in [0, 0.05) is 17.2 Å². The number of carboxylic acid groups (broad SMARTS) is 1. The average molecular weight is 476 g/mol. The van der Waals surface area contributed by atoms with Crippen LogP contribution in [-0.4, -0.2) is 45.1 Å². The van der Waals surface area contributed by atoms with Gasteiger partial charge in [0.15, 0.2) is 0 Å². The normalized spacial score (nSPS) is 15.9. The fraction of sp³-hybridized carbons (Fsp3) is 0.333. The quantitative estimate of drug-likeness (QED) is 0.648. The maximum atomic E-state index is 13.0. The third kappa shape index (κ3) is 4.79. The first-order valence-corrected chi connectivity index (χ1v) is 10.1. The number of aromatic nitrogens is 1. The van der Waals surface area contributed by atoms with Crippen molar-refractivity contribution in [3.8, 4) is 0 Å². The van der Waals surface area contributed by atoms with Crippen molar-refractivity contribution >= 4 is 39.7 Å². The molecule has 30 heavy (non-hydrogen) atoms. The van der Waals surface area contributed by atoms with Crippen LogP contribution in [0.5, 0.6) is 0 Å². The number of benzene rings is 1. The van der Waals surface area contributed by atoms with Gasteiger partial charge in [0.2, 0.25) is 0 Å². The molecule has 0 saturated heterocycles. The summed E-state index contributed by atoms with van der Waals surface area (Å²) in [5, 5.41) is 12.2. The number of carbonyl (C=O) groups excluding carboxylic acids is 2. The minimum Gasteiger partial charge on any atom is -0.465 e. The fourth-order valence-electron chi connectivity index (χ4n) is 3.23. The molecule has 1 aromatic heterocycles. The average Bonchev–Trinajstić information content (AvgIpc) is 2.66. The van der Waals surface area contributed by atoms with Crippen LogP contribution in [0.3, 0.4) is 0 Å². The lowest BCUT2D eigenvalue weighted by Crippen LogP contribution is -2.44. The van der Waals surface area contributed by atoms with Gasteiger partial charge < -0.3 is 15.2 Å². The molecule has 9 heteroatoms. The number of anilines is 1. The zero-order valence-electron chi connectivity index (χ0n) is 16.8. The molecule has 2 N–H and O–H groups in total. The summed E-state index contributed by atoms with van der Waals surface area (Å²) in [6.45, 7) is 5.50. The molecular formula is C21H22BrN3O5. The molecule has 1 aliphatic rings. The zero-order valence-corrected chi connectivity index (χ0v) is 18.4. The predicted octanol–water partition coefficient (Wildman–Crippen LogP) is 4.02. The molecule has 0 saturated carbocycles. The standard InChI is InChI=1S/C21H22BrN3O5/c1-21(2,3)30-19(27)12-7-8-16(23-11-12)24-18(26)17-14-5-4-6-15(22)13(14)9-10-25(17)20(28)29/h4-8,11,17H,9-10H2,1-3H3,(H,28,29)(H,23,24,26). The Morgan fingerprint density at radius 1 is 1.23 bits per heavy atom. The van der Waals surface area contributed by atoms with Crippen LogP contribution in [0.15, 0.2) is 41.0 Å². The van der Waals surface area contributed by atoms with Gasteiger partial charge in [-0.3, -0.25) is 9.69 Å². The highest BCUT2D eigenvalue weighted by Crippen LogP contribution is 2.34. The van der Waals surface area contributed by atoms with Gasteiger partial charge in [0.05, 0.1) is 5.56 Å². The van der Waals surface area contributed by atoms with E-state index in [0.717, 1.165) is 14.9 Å². The minimum absolute atomic E-state index is 0.202. The SMILES string of the molecule is CC(C)(C)OC(=O)c1ccc(NC(=O)C2c3cccc(Br)c3CCN2C(=O)O)nc1. The van der Waals surface area contributed by atoms with Crippen LogP contribution >= 0.6 is 15.9 Å². The Hall–Kier alpha value is -2.94. The van der Waals surface area contributed by atoms with Crippen molar-refractivity contribution in [1.82, 2.24) is 9.88 Å². The zero-order chi connectivity index (χ0) is 22.1. The molecule has 1 unspecified atom stereocenters. The van der Waals surface area contributed by atoms with E-state index in [1.165, 1.54) is 18.3 Å². The lowest BCUT2D eigenvalue weighted by atomic mass is 9.92. The van der Waals surface area contributed by atoms with E-state index < -0.39 is 29.6 Å². The molecule has 158 valence electrons. The van der Waals surface area contributed by atoms with E-state index >= 15 is 0 Å². The van der Waals surface area contributed by atoms with E-state index in [-0.39, 0.29) is 17.9 Å². The number of nitrogens with zero attached hydrogens (tertiary/aromatic N) is 2. The Bertz CT molecular complexity index is 985. The summed E-state index contributed by atoms with van der Waals surface area (Å²) in [5.74, 6) is -0.829. The Morgan fingerprint density at radius 2 is 1.97 bits per heavy atom. The van der Waals surface area contributed by atoms with Crippen LogP contribution in [0.4, 0.5) is 10.6 Å².